The number of hydrogen-bond acceptors (Lipinski definition) is 2. The maximum Gasteiger partial charge on any atom is 0.220 e. The van der Waals surface area contributed by atoms with E-state index < -0.39 is 0 Å². The van der Waals surface area contributed by atoms with E-state index in [1.807, 2.05) is 24.3 Å². The van der Waals surface area contributed by atoms with Crippen molar-refractivity contribution in [3.8, 4) is 5.75 Å². The van der Waals surface area contributed by atoms with Gasteiger partial charge in [0.1, 0.15) is 5.75 Å². The molecule has 2 aliphatic carbocycles. The molecule has 0 spiro atoms. The van der Waals surface area contributed by atoms with Gasteiger partial charge in [0.05, 0.1) is 7.11 Å². The van der Waals surface area contributed by atoms with Gasteiger partial charge < -0.3 is 10.1 Å². The Morgan fingerprint density at radius 3 is 2.95 bits per heavy atom. The van der Waals surface area contributed by atoms with Crippen LogP contribution in [0.25, 0.3) is 0 Å². The Bertz CT molecular complexity index is 486. The zero-order chi connectivity index (χ0) is 13.9. The lowest BCUT2D eigenvalue weighted by atomic mass is 9.86. The van der Waals surface area contributed by atoms with E-state index in [-0.39, 0.29) is 5.91 Å². The molecule has 1 aromatic carbocycles. The highest BCUT2D eigenvalue weighted by molar-refractivity contribution is 5.76. The van der Waals surface area contributed by atoms with E-state index in [1.165, 1.54) is 25.7 Å². The summed E-state index contributed by atoms with van der Waals surface area (Å²) < 4.78 is 5.19. The molecule has 3 heteroatoms. The molecule has 0 heterocycles. The predicted octanol–water partition coefficient (Wildman–Crippen LogP) is 3.14. The molecular formula is C17H23NO2. The summed E-state index contributed by atoms with van der Waals surface area (Å²) in [4.78, 5) is 12.1. The first kappa shape index (κ1) is 13.5. The van der Waals surface area contributed by atoms with Crippen LogP contribution < -0.4 is 10.1 Å². The summed E-state index contributed by atoms with van der Waals surface area (Å²) in [6.07, 6.45) is 6.10. The van der Waals surface area contributed by atoms with E-state index in [9.17, 15) is 4.79 Å². The van der Waals surface area contributed by atoms with Crippen LogP contribution in [0.3, 0.4) is 0 Å². The Morgan fingerprint density at radius 2 is 2.25 bits per heavy atom. The van der Waals surface area contributed by atoms with E-state index in [4.69, 9.17) is 4.74 Å². The smallest absolute Gasteiger partial charge is 0.220 e. The Labute approximate surface area is 120 Å². The van der Waals surface area contributed by atoms with E-state index >= 15 is 0 Å². The third-order valence-electron chi connectivity index (χ3n) is 4.96. The molecule has 3 rings (SSSR count). The molecule has 108 valence electrons. The average Bonchev–Trinajstić information content (AvgIpc) is 3.08. The first-order chi connectivity index (χ1) is 9.74. The van der Waals surface area contributed by atoms with Crippen molar-refractivity contribution in [1.82, 2.24) is 5.32 Å². The molecule has 0 saturated heterocycles. The Hall–Kier alpha value is -1.51. The average molecular weight is 273 g/mol. The maximum atomic E-state index is 12.1. The van der Waals surface area contributed by atoms with Gasteiger partial charge >= 0.3 is 0 Å². The van der Waals surface area contributed by atoms with Gasteiger partial charge in [-0.15, -0.1) is 0 Å². The van der Waals surface area contributed by atoms with Crippen molar-refractivity contribution >= 4 is 5.91 Å². The van der Waals surface area contributed by atoms with E-state index in [2.05, 4.69) is 5.32 Å². The fourth-order valence-corrected chi connectivity index (χ4v) is 3.92. The number of amides is 1. The third kappa shape index (κ3) is 2.97. The first-order valence-electron chi connectivity index (χ1n) is 7.64. The van der Waals surface area contributed by atoms with Gasteiger partial charge in [-0.3, -0.25) is 4.79 Å². The molecule has 2 fully saturated rings. The van der Waals surface area contributed by atoms with Gasteiger partial charge in [0.15, 0.2) is 0 Å². The van der Waals surface area contributed by atoms with Crippen molar-refractivity contribution < 1.29 is 9.53 Å². The molecule has 3 nitrogen and oxygen atoms in total. The minimum absolute atomic E-state index is 0.199. The monoisotopic (exact) mass is 273 g/mol. The lowest BCUT2D eigenvalue weighted by molar-refractivity contribution is -0.122. The van der Waals surface area contributed by atoms with Gasteiger partial charge in [-0.1, -0.05) is 18.6 Å². The molecule has 2 saturated carbocycles. The topological polar surface area (TPSA) is 38.3 Å². The highest BCUT2D eigenvalue weighted by Crippen LogP contribution is 2.49. The van der Waals surface area contributed by atoms with Gasteiger partial charge in [-0.25, -0.2) is 0 Å². The second-order valence-corrected chi connectivity index (χ2v) is 6.27. The molecule has 0 aliphatic heterocycles. The van der Waals surface area contributed by atoms with Crippen LogP contribution in [0, 0.1) is 17.8 Å². The fraction of sp³-hybridized carbons (Fsp3) is 0.588. The SMILES string of the molecule is COc1cccc(CNC(=O)C[C@@H]2C[C@H]3CC[C@@H]2C3)c1. The summed E-state index contributed by atoms with van der Waals surface area (Å²) in [5.41, 5.74) is 1.09. The van der Waals surface area contributed by atoms with Crippen LogP contribution in [0.1, 0.15) is 37.7 Å². The number of methoxy groups -OCH3 is 1. The summed E-state index contributed by atoms with van der Waals surface area (Å²) >= 11 is 0. The second-order valence-electron chi connectivity index (χ2n) is 6.27. The van der Waals surface area contributed by atoms with E-state index in [0.717, 1.165) is 23.1 Å². The van der Waals surface area contributed by atoms with Gasteiger partial charge in [0.25, 0.3) is 0 Å². The zero-order valence-corrected chi connectivity index (χ0v) is 12.1. The van der Waals surface area contributed by atoms with Crippen molar-refractivity contribution in [1.29, 1.82) is 0 Å². The Balaban J connectivity index is 1.47. The summed E-state index contributed by atoms with van der Waals surface area (Å²) in [5.74, 6) is 3.41. The minimum atomic E-state index is 0.199. The number of rotatable bonds is 5. The summed E-state index contributed by atoms with van der Waals surface area (Å²) in [6, 6.07) is 7.86. The standard InChI is InChI=1S/C17H23NO2/c1-20-16-4-2-3-13(9-16)11-18-17(19)10-15-8-12-5-6-14(15)7-12/h2-4,9,12,14-15H,5-8,10-11H2,1H3,(H,18,19)/t12-,14+,15-/m0/s1. The summed E-state index contributed by atoms with van der Waals surface area (Å²) in [5, 5.41) is 3.04. The van der Waals surface area contributed by atoms with Crippen molar-refractivity contribution in [3.63, 3.8) is 0 Å². The van der Waals surface area contributed by atoms with Crippen LogP contribution in [-0.2, 0) is 11.3 Å². The molecule has 0 unspecified atom stereocenters. The normalized spacial score (nSPS) is 27.6. The molecule has 1 aromatic rings. The number of carbonyl (C=O) groups excluding carboxylic acids is 1. The summed E-state index contributed by atoms with van der Waals surface area (Å²) in [7, 11) is 1.66. The zero-order valence-electron chi connectivity index (χ0n) is 12.1. The first-order valence-corrected chi connectivity index (χ1v) is 7.64. The van der Waals surface area contributed by atoms with E-state index in [0.29, 0.717) is 18.9 Å². The second kappa shape index (κ2) is 5.86. The molecule has 2 bridgehead atoms. The minimum Gasteiger partial charge on any atom is -0.497 e. The van der Waals surface area contributed by atoms with Crippen molar-refractivity contribution in [2.24, 2.45) is 17.8 Å². The maximum absolute atomic E-state index is 12.1. The molecule has 0 aromatic heterocycles. The number of hydrogen-bond donors (Lipinski definition) is 1. The Morgan fingerprint density at radius 1 is 1.35 bits per heavy atom. The third-order valence-corrected chi connectivity index (χ3v) is 4.96. The molecule has 3 atom stereocenters. The lowest BCUT2D eigenvalue weighted by Gasteiger charge is -2.20. The molecule has 2 aliphatic rings. The van der Waals surface area contributed by atoms with Crippen LogP contribution in [-0.4, -0.2) is 13.0 Å². The quantitative estimate of drug-likeness (QED) is 0.895. The van der Waals surface area contributed by atoms with Crippen molar-refractivity contribution in [2.75, 3.05) is 7.11 Å². The van der Waals surface area contributed by atoms with Crippen LogP contribution in [0.5, 0.6) is 5.75 Å². The number of carbonyl (C=O) groups is 1. The summed E-state index contributed by atoms with van der Waals surface area (Å²) in [6.45, 7) is 0.594. The number of benzene rings is 1. The van der Waals surface area contributed by atoms with Crippen molar-refractivity contribution in [3.05, 3.63) is 29.8 Å². The van der Waals surface area contributed by atoms with Crippen molar-refractivity contribution in [2.45, 2.75) is 38.6 Å². The molecule has 20 heavy (non-hydrogen) atoms. The van der Waals surface area contributed by atoms with Crippen LogP contribution in [0.15, 0.2) is 24.3 Å². The predicted molar refractivity (Wildman–Crippen MR) is 78.4 cm³/mol. The molecule has 0 radical (unpaired) electrons. The van der Waals surface area contributed by atoms with Gasteiger partial charge in [0.2, 0.25) is 5.91 Å². The Kier molecular flexibility index (Phi) is 3.95. The van der Waals surface area contributed by atoms with Crippen LogP contribution in [0.2, 0.25) is 0 Å². The molecule has 1 amide bonds. The van der Waals surface area contributed by atoms with Crippen LogP contribution >= 0.6 is 0 Å². The lowest BCUT2D eigenvalue weighted by Crippen LogP contribution is -2.26. The van der Waals surface area contributed by atoms with Gasteiger partial charge in [0, 0.05) is 13.0 Å². The van der Waals surface area contributed by atoms with Gasteiger partial charge in [-0.2, -0.15) is 0 Å². The van der Waals surface area contributed by atoms with E-state index in [1.54, 1.807) is 7.11 Å². The molecule has 1 N–H and O–H groups in total. The number of fused-ring (bicyclic) bond motifs is 2. The van der Waals surface area contributed by atoms with Gasteiger partial charge in [-0.05, 0) is 54.7 Å². The van der Waals surface area contributed by atoms with Crippen LogP contribution in [0.4, 0.5) is 0 Å². The number of ether oxygens (including phenoxy) is 1. The highest BCUT2D eigenvalue weighted by atomic mass is 16.5. The molecular weight excluding hydrogens is 250 g/mol. The largest absolute Gasteiger partial charge is 0.497 e. The fourth-order valence-electron chi connectivity index (χ4n) is 3.92. The highest BCUT2D eigenvalue weighted by Gasteiger charge is 2.39. The number of nitrogens with one attached hydrogen (secondary N) is 1.